The van der Waals surface area contributed by atoms with Gasteiger partial charge < -0.3 is 0 Å². The number of allylic oxidation sites excluding steroid dienone is 1. The topological polar surface area (TPSA) is 0 Å². The van der Waals surface area contributed by atoms with Crippen molar-refractivity contribution in [2.75, 3.05) is 0 Å². The SMILES string of the molecule is C=C(c1cc(Br)cs1)C(F)(F)F. The normalized spacial score (nSPS) is 11.7. The van der Waals surface area contributed by atoms with Gasteiger partial charge in [-0.1, -0.05) is 6.58 Å². The highest BCUT2D eigenvalue weighted by atomic mass is 79.9. The highest BCUT2D eigenvalue weighted by Crippen LogP contribution is 2.36. The second-order valence-corrected chi connectivity index (χ2v) is 3.93. The van der Waals surface area contributed by atoms with Crippen LogP contribution in [0.15, 0.2) is 22.5 Å². The molecule has 0 aliphatic heterocycles. The van der Waals surface area contributed by atoms with E-state index in [1.54, 1.807) is 5.38 Å². The van der Waals surface area contributed by atoms with Crippen LogP contribution in [0.2, 0.25) is 0 Å². The van der Waals surface area contributed by atoms with Crippen molar-refractivity contribution in [3.8, 4) is 0 Å². The monoisotopic (exact) mass is 256 g/mol. The molecule has 1 heterocycles. The summed E-state index contributed by atoms with van der Waals surface area (Å²) in [5.41, 5.74) is -0.793. The van der Waals surface area contributed by atoms with Gasteiger partial charge in [-0.3, -0.25) is 0 Å². The fourth-order valence-electron chi connectivity index (χ4n) is 0.611. The van der Waals surface area contributed by atoms with E-state index in [1.165, 1.54) is 6.07 Å². The minimum atomic E-state index is -4.33. The lowest BCUT2D eigenvalue weighted by Crippen LogP contribution is -2.07. The Kier molecular flexibility index (Phi) is 2.63. The summed E-state index contributed by atoms with van der Waals surface area (Å²) >= 11 is 4.09. The fourth-order valence-corrected chi connectivity index (χ4v) is 2.03. The summed E-state index contributed by atoms with van der Waals surface area (Å²) in [6.45, 7) is 2.97. The highest BCUT2D eigenvalue weighted by molar-refractivity contribution is 9.10. The molecular weight excluding hydrogens is 253 g/mol. The Hall–Kier alpha value is -0.290. The molecule has 66 valence electrons. The number of rotatable bonds is 1. The van der Waals surface area contributed by atoms with Gasteiger partial charge in [0.15, 0.2) is 0 Å². The molecule has 0 aliphatic rings. The number of hydrogen-bond acceptors (Lipinski definition) is 1. The Labute approximate surface area is 79.8 Å². The number of hydrogen-bond donors (Lipinski definition) is 0. The first-order valence-corrected chi connectivity index (χ1v) is 4.59. The van der Waals surface area contributed by atoms with E-state index in [9.17, 15) is 13.2 Å². The fraction of sp³-hybridized carbons (Fsp3) is 0.143. The lowest BCUT2D eigenvalue weighted by Gasteiger charge is -2.06. The van der Waals surface area contributed by atoms with E-state index in [0.29, 0.717) is 4.47 Å². The van der Waals surface area contributed by atoms with E-state index in [2.05, 4.69) is 22.5 Å². The van der Waals surface area contributed by atoms with E-state index in [0.717, 1.165) is 11.3 Å². The Balaban J connectivity index is 2.93. The van der Waals surface area contributed by atoms with Gasteiger partial charge in [0, 0.05) is 14.7 Å². The van der Waals surface area contributed by atoms with Crippen molar-refractivity contribution in [3.05, 3.63) is 27.4 Å². The van der Waals surface area contributed by atoms with Gasteiger partial charge >= 0.3 is 6.18 Å². The van der Waals surface area contributed by atoms with Crippen molar-refractivity contribution in [1.82, 2.24) is 0 Å². The number of thiophene rings is 1. The minimum absolute atomic E-state index is 0.148. The van der Waals surface area contributed by atoms with Gasteiger partial charge in [-0.2, -0.15) is 13.2 Å². The zero-order valence-electron chi connectivity index (χ0n) is 5.78. The molecule has 0 spiro atoms. The van der Waals surface area contributed by atoms with E-state index >= 15 is 0 Å². The van der Waals surface area contributed by atoms with E-state index < -0.39 is 11.7 Å². The second-order valence-electron chi connectivity index (χ2n) is 2.11. The average Bonchev–Trinajstić information content (AvgIpc) is 2.32. The summed E-state index contributed by atoms with van der Waals surface area (Å²) in [6, 6.07) is 1.40. The van der Waals surface area contributed by atoms with Crippen LogP contribution in [0.1, 0.15) is 4.88 Å². The van der Waals surface area contributed by atoms with Gasteiger partial charge in [-0.15, -0.1) is 11.3 Å². The molecule has 0 unspecified atom stereocenters. The van der Waals surface area contributed by atoms with Crippen molar-refractivity contribution in [2.45, 2.75) is 6.18 Å². The quantitative estimate of drug-likeness (QED) is 0.710. The summed E-state index contributed by atoms with van der Waals surface area (Å²) in [4.78, 5) is 0.148. The molecule has 1 aromatic heterocycles. The predicted molar refractivity (Wildman–Crippen MR) is 47.1 cm³/mol. The molecule has 0 saturated carbocycles. The molecule has 0 radical (unpaired) electrons. The van der Waals surface area contributed by atoms with E-state index in [-0.39, 0.29) is 4.88 Å². The van der Waals surface area contributed by atoms with Crippen LogP contribution in [-0.2, 0) is 0 Å². The maximum Gasteiger partial charge on any atom is 0.417 e. The third-order valence-corrected chi connectivity index (χ3v) is 2.96. The molecule has 5 heteroatoms. The third kappa shape index (κ3) is 2.10. The Morgan fingerprint density at radius 1 is 1.50 bits per heavy atom. The first-order valence-electron chi connectivity index (χ1n) is 2.92. The highest BCUT2D eigenvalue weighted by Gasteiger charge is 2.33. The largest absolute Gasteiger partial charge is 0.417 e. The van der Waals surface area contributed by atoms with Crippen molar-refractivity contribution in [3.63, 3.8) is 0 Å². The van der Waals surface area contributed by atoms with Crippen LogP contribution in [0.25, 0.3) is 5.57 Å². The summed E-state index contributed by atoms with van der Waals surface area (Å²) < 4.78 is 36.8. The molecule has 1 aromatic rings. The molecular formula is C7H4BrF3S. The van der Waals surface area contributed by atoms with Gasteiger partial charge in [0.25, 0.3) is 0 Å². The third-order valence-electron chi connectivity index (χ3n) is 1.21. The van der Waals surface area contributed by atoms with Gasteiger partial charge in [0.2, 0.25) is 0 Å². The Morgan fingerprint density at radius 3 is 2.42 bits per heavy atom. The van der Waals surface area contributed by atoms with Gasteiger partial charge in [-0.05, 0) is 22.0 Å². The number of halogens is 4. The molecule has 0 amide bonds. The molecule has 0 aromatic carbocycles. The maximum absolute atomic E-state index is 12.0. The van der Waals surface area contributed by atoms with Crippen LogP contribution in [0, 0.1) is 0 Å². The van der Waals surface area contributed by atoms with E-state index in [1.807, 2.05) is 0 Å². The zero-order valence-corrected chi connectivity index (χ0v) is 8.18. The van der Waals surface area contributed by atoms with Crippen molar-refractivity contribution in [2.24, 2.45) is 0 Å². The maximum atomic E-state index is 12.0. The van der Waals surface area contributed by atoms with Crippen LogP contribution in [0.3, 0.4) is 0 Å². The standard InChI is InChI=1S/C7H4BrF3S/c1-4(7(9,10)11)6-2-5(8)3-12-6/h2-3H,1H2. The van der Waals surface area contributed by atoms with Crippen LogP contribution in [0.4, 0.5) is 13.2 Å². The number of alkyl halides is 3. The summed E-state index contributed by atoms with van der Waals surface area (Å²) in [7, 11) is 0. The van der Waals surface area contributed by atoms with Crippen molar-refractivity contribution >= 4 is 32.8 Å². The van der Waals surface area contributed by atoms with E-state index in [4.69, 9.17) is 0 Å². The Bertz CT molecular complexity index is 300. The van der Waals surface area contributed by atoms with Crippen molar-refractivity contribution in [1.29, 1.82) is 0 Å². The molecule has 1 rings (SSSR count). The summed E-state index contributed by atoms with van der Waals surface area (Å²) in [6.07, 6.45) is -4.33. The lowest BCUT2D eigenvalue weighted by molar-refractivity contribution is -0.0684. The van der Waals surface area contributed by atoms with Crippen LogP contribution in [0.5, 0.6) is 0 Å². The molecule has 0 N–H and O–H groups in total. The average molecular weight is 257 g/mol. The molecule has 0 saturated heterocycles. The molecule has 0 atom stereocenters. The molecule has 0 bridgehead atoms. The minimum Gasteiger partial charge on any atom is -0.166 e. The van der Waals surface area contributed by atoms with Crippen LogP contribution < -0.4 is 0 Å². The van der Waals surface area contributed by atoms with Crippen LogP contribution in [-0.4, -0.2) is 6.18 Å². The van der Waals surface area contributed by atoms with Crippen LogP contribution >= 0.6 is 27.3 Å². The van der Waals surface area contributed by atoms with Gasteiger partial charge in [0.1, 0.15) is 0 Å². The first-order chi connectivity index (χ1) is 5.41. The van der Waals surface area contributed by atoms with Gasteiger partial charge in [-0.25, -0.2) is 0 Å². The summed E-state index contributed by atoms with van der Waals surface area (Å²) in [5.74, 6) is 0. The second kappa shape index (κ2) is 3.22. The zero-order chi connectivity index (χ0) is 9.35. The lowest BCUT2D eigenvalue weighted by atomic mass is 10.2. The van der Waals surface area contributed by atoms with Crippen molar-refractivity contribution < 1.29 is 13.2 Å². The summed E-state index contributed by atoms with van der Waals surface area (Å²) in [5, 5.41) is 1.59. The molecule has 12 heavy (non-hydrogen) atoms. The smallest absolute Gasteiger partial charge is 0.166 e. The Morgan fingerprint density at radius 2 is 2.08 bits per heavy atom. The van der Waals surface area contributed by atoms with Gasteiger partial charge in [0.05, 0.1) is 5.57 Å². The first kappa shape index (κ1) is 9.80. The molecule has 0 nitrogen and oxygen atoms in total. The predicted octanol–water partition coefficient (Wildman–Crippen LogP) is 4.09. The molecule has 0 fully saturated rings. The molecule has 0 aliphatic carbocycles.